The third-order valence-electron chi connectivity index (χ3n) is 5.48. The first-order valence-corrected chi connectivity index (χ1v) is 11.3. The lowest BCUT2D eigenvalue weighted by molar-refractivity contribution is -0.192. The molecule has 4 aromatic rings. The number of amides is 1. The summed E-state index contributed by atoms with van der Waals surface area (Å²) >= 11 is 0. The van der Waals surface area contributed by atoms with E-state index < -0.39 is 41.6 Å². The summed E-state index contributed by atoms with van der Waals surface area (Å²) in [6.07, 6.45) is -9.56. The molecule has 1 heterocycles. The monoisotopic (exact) mass is 569 g/mol. The van der Waals surface area contributed by atoms with E-state index in [0.29, 0.717) is 17.7 Å². The minimum absolute atomic E-state index is 0.234. The van der Waals surface area contributed by atoms with Crippen LogP contribution < -0.4 is 16.8 Å². The molecule has 0 spiro atoms. The molecule has 0 aliphatic heterocycles. The maximum atomic E-state index is 12.7. The van der Waals surface area contributed by atoms with Crippen LogP contribution in [0.3, 0.4) is 0 Å². The number of hydrogen-bond donors (Lipinski definition) is 3. The summed E-state index contributed by atoms with van der Waals surface area (Å²) in [6, 6.07) is 15.4. The van der Waals surface area contributed by atoms with Gasteiger partial charge in [0.15, 0.2) is 5.58 Å². The fourth-order valence-corrected chi connectivity index (χ4v) is 3.54. The van der Waals surface area contributed by atoms with Crippen molar-refractivity contribution in [3.8, 4) is 0 Å². The van der Waals surface area contributed by atoms with Gasteiger partial charge >= 0.3 is 24.1 Å². The Morgan fingerprint density at radius 1 is 1.00 bits per heavy atom. The average molecular weight is 569 g/mol. The number of alkyl halides is 6. The quantitative estimate of drug-likeness (QED) is 0.282. The molecule has 1 atom stereocenters. The largest absolute Gasteiger partial charge is 0.490 e. The number of carbonyl (C=O) groups is 2. The molecule has 212 valence electrons. The van der Waals surface area contributed by atoms with Gasteiger partial charge in [-0.25, -0.2) is 9.59 Å². The summed E-state index contributed by atoms with van der Waals surface area (Å²) in [4.78, 5) is 33.8. The van der Waals surface area contributed by atoms with Crippen molar-refractivity contribution in [3.05, 3.63) is 99.5 Å². The van der Waals surface area contributed by atoms with E-state index in [1.54, 1.807) is 12.1 Å². The lowest BCUT2D eigenvalue weighted by atomic mass is 10.0. The van der Waals surface area contributed by atoms with Crippen LogP contribution >= 0.6 is 0 Å². The van der Waals surface area contributed by atoms with Crippen molar-refractivity contribution in [2.24, 2.45) is 5.73 Å². The molecule has 0 saturated carbocycles. The molecule has 0 fully saturated rings. The third kappa shape index (κ3) is 7.50. The number of nitrogens with zero attached hydrogens (tertiary/aromatic N) is 1. The van der Waals surface area contributed by atoms with Crippen LogP contribution in [0.1, 0.15) is 28.3 Å². The molecular formula is C26H21F6N3O5. The van der Waals surface area contributed by atoms with Gasteiger partial charge in [0.25, 0.3) is 0 Å². The number of hydrogen-bond acceptors (Lipinski definition) is 5. The van der Waals surface area contributed by atoms with Crippen LogP contribution in [0.4, 0.5) is 32.0 Å². The van der Waals surface area contributed by atoms with Crippen molar-refractivity contribution < 1.29 is 45.5 Å². The number of aryl methyl sites for hydroxylation is 1. The summed E-state index contributed by atoms with van der Waals surface area (Å²) < 4.78 is 76.7. The topological polar surface area (TPSA) is 128 Å². The van der Waals surface area contributed by atoms with Gasteiger partial charge in [0.2, 0.25) is 5.91 Å². The highest BCUT2D eigenvalue weighted by Crippen LogP contribution is 2.30. The standard InChI is InChI=1S/C24H20F3N3O3.C2HF3O2/c1-14-3-2-4-15(11-14)13-30-19-10-9-18(12-20(19)33-23(30)32)29-22(31)21(28)16-5-7-17(8-6-16)24(25,26)27;3-2(4,5)1(6)7/h2-12,21H,13,28H2,1H3,(H,29,31);(H,6,7). The van der Waals surface area contributed by atoms with E-state index in [-0.39, 0.29) is 11.1 Å². The van der Waals surface area contributed by atoms with Gasteiger partial charge in [-0.3, -0.25) is 9.36 Å². The lowest BCUT2D eigenvalue weighted by Crippen LogP contribution is -2.27. The number of oxazole rings is 1. The van der Waals surface area contributed by atoms with Gasteiger partial charge < -0.3 is 20.6 Å². The van der Waals surface area contributed by atoms with Gasteiger partial charge in [0.05, 0.1) is 17.6 Å². The molecule has 4 rings (SSSR count). The normalized spacial score (nSPS) is 12.4. The molecule has 3 aromatic carbocycles. The zero-order chi connectivity index (χ0) is 29.8. The van der Waals surface area contributed by atoms with Crippen LogP contribution in [0.15, 0.2) is 75.9 Å². The molecule has 4 N–H and O–H groups in total. The van der Waals surface area contributed by atoms with Crippen LogP contribution in [0.25, 0.3) is 11.1 Å². The number of nitrogens with one attached hydrogen (secondary N) is 1. The maximum Gasteiger partial charge on any atom is 0.490 e. The Kier molecular flexibility index (Phi) is 8.73. The number of aliphatic carboxylic acids is 1. The van der Waals surface area contributed by atoms with E-state index in [1.165, 1.54) is 22.8 Å². The average Bonchev–Trinajstić information content (AvgIpc) is 3.17. The predicted molar refractivity (Wildman–Crippen MR) is 131 cm³/mol. The summed E-state index contributed by atoms with van der Waals surface area (Å²) in [5.41, 5.74) is 8.53. The van der Waals surface area contributed by atoms with E-state index in [1.807, 2.05) is 31.2 Å². The summed E-state index contributed by atoms with van der Waals surface area (Å²) in [6.45, 7) is 2.29. The molecule has 0 bridgehead atoms. The van der Waals surface area contributed by atoms with Crippen LogP contribution in [-0.4, -0.2) is 27.7 Å². The minimum Gasteiger partial charge on any atom is -0.475 e. The highest BCUT2D eigenvalue weighted by molar-refractivity contribution is 5.96. The van der Waals surface area contributed by atoms with Gasteiger partial charge in [-0.1, -0.05) is 42.0 Å². The summed E-state index contributed by atoms with van der Waals surface area (Å²) in [7, 11) is 0. The summed E-state index contributed by atoms with van der Waals surface area (Å²) in [5.74, 6) is -3.90. The number of carboxylic acid groups (broad SMARTS) is 1. The van der Waals surface area contributed by atoms with Gasteiger partial charge in [0.1, 0.15) is 6.04 Å². The number of benzene rings is 3. The van der Waals surface area contributed by atoms with E-state index in [4.69, 9.17) is 20.1 Å². The lowest BCUT2D eigenvalue weighted by Gasteiger charge is -2.14. The predicted octanol–water partition coefficient (Wildman–Crippen LogP) is 5.24. The Morgan fingerprint density at radius 3 is 2.17 bits per heavy atom. The van der Waals surface area contributed by atoms with Crippen molar-refractivity contribution in [2.45, 2.75) is 31.9 Å². The number of carbonyl (C=O) groups excluding carboxylic acids is 1. The Labute approximate surface area is 221 Å². The Bertz CT molecular complexity index is 1570. The molecule has 1 aromatic heterocycles. The molecule has 1 amide bonds. The highest BCUT2D eigenvalue weighted by atomic mass is 19.4. The summed E-state index contributed by atoms with van der Waals surface area (Å²) in [5, 5.41) is 9.73. The first kappa shape index (κ1) is 30.0. The SMILES string of the molecule is Cc1cccc(Cn2c(=O)oc3cc(NC(=O)C(N)c4ccc(C(F)(F)F)cc4)ccc32)c1.O=C(O)C(F)(F)F. The number of halogens is 6. The molecule has 40 heavy (non-hydrogen) atoms. The molecule has 1 unspecified atom stereocenters. The Balaban J connectivity index is 0.000000559. The zero-order valence-corrected chi connectivity index (χ0v) is 20.5. The zero-order valence-electron chi connectivity index (χ0n) is 20.5. The van der Waals surface area contributed by atoms with Crippen LogP contribution in [0, 0.1) is 6.92 Å². The maximum absolute atomic E-state index is 12.7. The number of rotatable bonds is 5. The number of aromatic nitrogens is 1. The van der Waals surface area contributed by atoms with Gasteiger partial charge in [-0.2, -0.15) is 26.3 Å². The van der Waals surface area contributed by atoms with Gasteiger partial charge in [-0.05, 0) is 42.3 Å². The second kappa shape index (κ2) is 11.7. The highest BCUT2D eigenvalue weighted by Gasteiger charge is 2.38. The van der Waals surface area contributed by atoms with E-state index >= 15 is 0 Å². The van der Waals surface area contributed by atoms with Crippen molar-refractivity contribution in [2.75, 3.05) is 5.32 Å². The molecule has 0 aliphatic rings. The molecular weight excluding hydrogens is 548 g/mol. The van der Waals surface area contributed by atoms with Crippen LogP contribution in [0.2, 0.25) is 0 Å². The van der Waals surface area contributed by atoms with Gasteiger partial charge in [-0.15, -0.1) is 0 Å². The van der Waals surface area contributed by atoms with Crippen molar-refractivity contribution in [3.63, 3.8) is 0 Å². The van der Waals surface area contributed by atoms with Crippen LogP contribution in [-0.2, 0) is 22.3 Å². The van der Waals surface area contributed by atoms with E-state index in [9.17, 15) is 35.9 Å². The fourth-order valence-electron chi connectivity index (χ4n) is 3.54. The third-order valence-corrected chi connectivity index (χ3v) is 5.48. The number of nitrogens with two attached hydrogens (primary N) is 1. The smallest absolute Gasteiger partial charge is 0.475 e. The second-order valence-corrected chi connectivity index (χ2v) is 8.52. The van der Waals surface area contributed by atoms with Gasteiger partial charge in [0, 0.05) is 11.8 Å². The van der Waals surface area contributed by atoms with Crippen molar-refractivity contribution in [1.29, 1.82) is 0 Å². The van der Waals surface area contributed by atoms with E-state index in [0.717, 1.165) is 23.3 Å². The molecule has 8 nitrogen and oxygen atoms in total. The Hall–Kier alpha value is -4.59. The van der Waals surface area contributed by atoms with Crippen molar-refractivity contribution >= 4 is 28.7 Å². The Morgan fingerprint density at radius 2 is 1.62 bits per heavy atom. The number of anilines is 1. The number of carboxylic acids is 1. The first-order valence-electron chi connectivity index (χ1n) is 11.3. The fraction of sp³-hybridized carbons (Fsp3) is 0.192. The first-order chi connectivity index (χ1) is 18.6. The molecule has 0 saturated heterocycles. The van der Waals surface area contributed by atoms with Crippen molar-refractivity contribution in [1.82, 2.24) is 4.57 Å². The number of fused-ring (bicyclic) bond motifs is 1. The molecule has 0 radical (unpaired) electrons. The van der Waals surface area contributed by atoms with Crippen LogP contribution in [0.5, 0.6) is 0 Å². The van der Waals surface area contributed by atoms with E-state index in [2.05, 4.69) is 5.32 Å². The second-order valence-electron chi connectivity index (χ2n) is 8.52. The minimum atomic E-state index is -5.08. The molecule has 0 aliphatic carbocycles. The molecule has 14 heteroatoms.